The van der Waals surface area contributed by atoms with E-state index in [1.165, 1.54) is 0 Å². The van der Waals surface area contributed by atoms with Gasteiger partial charge in [-0.15, -0.1) is 0 Å². The quantitative estimate of drug-likeness (QED) is 0.511. The van der Waals surface area contributed by atoms with Gasteiger partial charge in [0.15, 0.2) is 0 Å². The molecule has 1 saturated carbocycles. The molecule has 1 fully saturated rings. The van der Waals surface area contributed by atoms with Gasteiger partial charge < -0.3 is 15.2 Å². The van der Waals surface area contributed by atoms with Gasteiger partial charge in [0.05, 0.1) is 6.04 Å². The average Bonchev–Trinajstić information content (AvgIpc) is 3.63. The molecule has 9 nitrogen and oxygen atoms in total. The molecule has 0 bridgehead atoms. The van der Waals surface area contributed by atoms with E-state index in [1.807, 2.05) is 32.9 Å². The number of hydrogen-bond acceptors (Lipinski definition) is 7. The molecule has 1 atom stereocenters. The fourth-order valence-electron chi connectivity index (χ4n) is 4.56. The molecule has 2 aliphatic rings. The van der Waals surface area contributed by atoms with Crippen molar-refractivity contribution in [3.05, 3.63) is 59.4 Å². The van der Waals surface area contributed by atoms with Crippen molar-refractivity contribution in [3.63, 3.8) is 0 Å². The maximum Gasteiger partial charge on any atom is 0.293 e. The number of nitrogens with zero attached hydrogens (tertiary/aromatic N) is 4. The van der Waals surface area contributed by atoms with E-state index < -0.39 is 0 Å². The summed E-state index contributed by atoms with van der Waals surface area (Å²) in [5.41, 5.74) is 3.94. The van der Waals surface area contributed by atoms with Crippen molar-refractivity contribution >= 4 is 17.6 Å². The normalized spacial score (nSPS) is 18.1. The molecule has 2 aromatic heterocycles. The minimum absolute atomic E-state index is 0.0416. The third-order valence-corrected chi connectivity index (χ3v) is 6.96. The van der Waals surface area contributed by atoms with Gasteiger partial charge in [-0.25, -0.2) is 4.98 Å². The topological polar surface area (TPSA) is 113 Å². The van der Waals surface area contributed by atoms with E-state index in [9.17, 15) is 9.59 Å². The average molecular weight is 503 g/mol. The highest BCUT2D eigenvalue weighted by Crippen LogP contribution is 2.33. The molecule has 9 heteroatoms. The summed E-state index contributed by atoms with van der Waals surface area (Å²) in [5.74, 6) is 0.884. The van der Waals surface area contributed by atoms with E-state index in [-0.39, 0.29) is 35.0 Å². The van der Waals surface area contributed by atoms with Gasteiger partial charge in [-0.1, -0.05) is 45.0 Å². The minimum Gasteiger partial charge on any atom is -0.342 e. The Kier molecular flexibility index (Phi) is 6.81. The van der Waals surface area contributed by atoms with Crippen LogP contribution in [0.2, 0.25) is 0 Å². The van der Waals surface area contributed by atoms with Crippen LogP contribution in [0.25, 0.3) is 11.1 Å². The zero-order valence-electron chi connectivity index (χ0n) is 21.9. The van der Waals surface area contributed by atoms with E-state index in [2.05, 4.69) is 55.8 Å². The van der Waals surface area contributed by atoms with E-state index in [4.69, 9.17) is 4.52 Å². The highest BCUT2D eigenvalue weighted by molar-refractivity contribution is 5.93. The summed E-state index contributed by atoms with van der Waals surface area (Å²) in [6, 6.07) is 10.0. The Morgan fingerprint density at radius 3 is 2.59 bits per heavy atom. The first kappa shape index (κ1) is 25.1. The van der Waals surface area contributed by atoms with E-state index in [1.54, 1.807) is 6.20 Å². The van der Waals surface area contributed by atoms with Crippen LogP contribution in [0.15, 0.2) is 41.1 Å². The fourth-order valence-corrected chi connectivity index (χ4v) is 4.56. The molecule has 1 aliphatic heterocycles. The van der Waals surface area contributed by atoms with Crippen LogP contribution >= 0.6 is 0 Å². The Bertz CT molecular complexity index is 1310. The summed E-state index contributed by atoms with van der Waals surface area (Å²) < 4.78 is 5.32. The molecule has 3 heterocycles. The second-order valence-electron chi connectivity index (χ2n) is 11.0. The third-order valence-electron chi connectivity index (χ3n) is 6.96. The molecule has 2 amide bonds. The summed E-state index contributed by atoms with van der Waals surface area (Å²) in [4.78, 5) is 36.2. The maximum atomic E-state index is 13.0. The van der Waals surface area contributed by atoms with Crippen LogP contribution < -0.4 is 10.6 Å². The van der Waals surface area contributed by atoms with Crippen molar-refractivity contribution in [1.29, 1.82) is 0 Å². The SMILES string of the molecule is CCN1CC[C@@H](NC(=O)c2noc(C(C)(C)C)n2)c2ccc(-c3ccnc(NC(=O)C4CC4)c3)cc2C1. The third kappa shape index (κ3) is 5.72. The Morgan fingerprint density at radius 1 is 1.11 bits per heavy atom. The zero-order chi connectivity index (χ0) is 26.2. The highest BCUT2D eigenvalue weighted by atomic mass is 16.5. The van der Waals surface area contributed by atoms with Gasteiger partial charge in [-0.05, 0) is 66.3 Å². The van der Waals surface area contributed by atoms with E-state index in [0.29, 0.717) is 11.7 Å². The van der Waals surface area contributed by atoms with Crippen LogP contribution in [0.1, 0.15) is 80.6 Å². The number of benzene rings is 1. The first-order chi connectivity index (χ1) is 17.7. The molecular weight excluding hydrogens is 468 g/mol. The lowest BCUT2D eigenvalue weighted by Gasteiger charge is -2.19. The lowest BCUT2D eigenvalue weighted by atomic mass is 9.94. The number of amides is 2. The lowest BCUT2D eigenvalue weighted by Crippen LogP contribution is -2.31. The number of fused-ring (bicyclic) bond motifs is 1. The molecule has 0 unspecified atom stereocenters. The lowest BCUT2D eigenvalue weighted by molar-refractivity contribution is -0.117. The number of pyridine rings is 1. The summed E-state index contributed by atoms with van der Waals surface area (Å²) >= 11 is 0. The van der Waals surface area contributed by atoms with Crippen LogP contribution in [0.3, 0.4) is 0 Å². The predicted molar refractivity (Wildman–Crippen MR) is 140 cm³/mol. The Hall–Kier alpha value is -3.59. The Balaban J connectivity index is 1.39. The van der Waals surface area contributed by atoms with Gasteiger partial charge in [-0.3, -0.25) is 14.5 Å². The van der Waals surface area contributed by atoms with Crippen molar-refractivity contribution in [2.75, 3.05) is 18.4 Å². The van der Waals surface area contributed by atoms with Gasteiger partial charge in [0.25, 0.3) is 11.7 Å². The summed E-state index contributed by atoms with van der Waals surface area (Å²) in [6.45, 7) is 10.6. The van der Waals surface area contributed by atoms with Crippen LogP contribution in [0.4, 0.5) is 5.82 Å². The Labute approximate surface area is 217 Å². The number of anilines is 1. The van der Waals surface area contributed by atoms with E-state index >= 15 is 0 Å². The van der Waals surface area contributed by atoms with Gasteiger partial charge in [-0.2, -0.15) is 4.98 Å². The molecule has 3 aromatic rings. The zero-order valence-corrected chi connectivity index (χ0v) is 21.9. The number of rotatable bonds is 6. The fraction of sp³-hybridized carbons (Fsp3) is 0.464. The van der Waals surface area contributed by atoms with Gasteiger partial charge >= 0.3 is 0 Å². The molecule has 1 aromatic carbocycles. The molecule has 5 rings (SSSR count). The van der Waals surface area contributed by atoms with Crippen LogP contribution in [-0.2, 0) is 16.8 Å². The number of carbonyl (C=O) groups excluding carboxylic acids is 2. The highest BCUT2D eigenvalue weighted by Gasteiger charge is 2.30. The van der Waals surface area contributed by atoms with Gasteiger partial charge in [0.2, 0.25) is 11.8 Å². The van der Waals surface area contributed by atoms with E-state index in [0.717, 1.165) is 61.2 Å². The second-order valence-corrected chi connectivity index (χ2v) is 11.0. The van der Waals surface area contributed by atoms with Crippen molar-refractivity contribution in [1.82, 2.24) is 25.3 Å². The minimum atomic E-state index is -0.339. The number of hydrogen-bond donors (Lipinski definition) is 2. The molecule has 2 N–H and O–H groups in total. The first-order valence-corrected chi connectivity index (χ1v) is 13.0. The smallest absolute Gasteiger partial charge is 0.293 e. The summed E-state index contributed by atoms with van der Waals surface area (Å²) in [5, 5.41) is 9.98. The standard InChI is InChI=1S/C28H34N6O3/c1-5-34-13-11-22(30-26(36)24-32-27(37-33-24)28(2,3)4)21-9-8-18(14-20(21)16-34)19-10-12-29-23(15-19)31-25(35)17-6-7-17/h8-10,12,14-15,17,22H,5-7,11,13,16H2,1-4H3,(H,30,36)(H,29,31,35)/t22-/m1/s1. The first-order valence-electron chi connectivity index (χ1n) is 13.0. The molecule has 0 radical (unpaired) electrons. The second kappa shape index (κ2) is 10.0. The van der Waals surface area contributed by atoms with Crippen molar-refractivity contribution in [2.24, 2.45) is 5.92 Å². The van der Waals surface area contributed by atoms with Crippen LogP contribution in [-0.4, -0.2) is 44.9 Å². The molecule has 0 spiro atoms. The molecule has 194 valence electrons. The molecular formula is C28H34N6O3. The van der Waals surface area contributed by atoms with Crippen LogP contribution in [0, 0.1) is 5.92 Å². The number of nitrogens with one attached hydrogen (secondary N) is 2. The van der Waals surface area contributed by atoms with Crippen molar-refractivity contribution in [3.8, 4) is 11.1 Å². The van der Waals surface area contributed by atoms with Crippen molar-refractivity contribution < 1.29 is 14.1 Å². The largest absolute Gasteiger partial charge is 0.342 e. The van der Waals surface area contributed by atoms with Crippen LogP contribution in [0.5, 0.6) is 0 Å². The molecule has 1 aliphatic carbocycles. The van der Waals surface area contributed by atoms with Crippen molar-refractivity contribution in [2.45, 2.75) is 65.0 Å². The number of aromatic nitrogens is 3. The summed E-state index contributed by atoms with van der Waals surface area (Å²) in [7, 11) is 0. The maximum absolute atomic E-state index is 13.0. The Morgan fingerprint density at radius 2 is 1.89 bits per heavy atom. The molecule has 0 saturated heterocycles. The van der Waals surface area contributed by atoms with Gasteiger partial charge in [0, 0.05) is 30.6 Å². The summed E-state index contributed by atoms with van der Waals surface area (Å²) in [6.07, 6.45) is 4.41. The molecule has 37 heavy (non-hydrogen) atoms. The van der Waals surface area contributed by atoms with Gasteiger partial charge in [0.1, 0.15) is 5.82 Å². The number of carbonyl (C=O) groups is 2. The predicted octanol–water partition coefficient (Wildman–Crippen LogP) is 4.47. The monoisotopic (exact) mass is 502 g/mol.